The van der Waals surface area contributed by atoms with E-state index in [4.69, 9.17) is 14.7 Å². The third-order valence-electron chi connectivity index (χ3n) is 2.94. The zero-order valence-corrected chi connectivity index (χ0v) is 11.7. The Hall–Kier alpha value is -3.00. The third-order valence-corrected chi connectivity index (χ3v) is 2.94. The summed E-state index contributed by atoms with van der Waals surface area (Å²) in [5, 5.41) is 11.8. The van der Waals surface area contributed by atoms with Crippen LogP contribution in [0.3, 0.4) is 0 Å². The van der Waals surface area contributed by atoms with Crippen molar-refractivity contribution < 1.29 is 14.3 Å². The molecule has 0 aromatic heterocycles. The van der Waals surface area contributed by atoms with Crippen LogP contribution in [0, 0.1) is 11.3 Å². The van der Waals surface area contributed by atoms with E-state index in [1.807, 2.05) is 6.07 Å². The van der Waals surface area contributed by atoms with Gasteiger partial charge in [-0.25, -0.2) is 0 Å². The van der Waals surface area contributed by atoms with Gasteiger partial charge in [0, 0.05) is 5.56 Å². The molecule has 0 saturated carbocycles. The van der Waals surface area contributed by atoms with Gasteiger partial charge < -0.3 is 14.8 Å². The maximum atomic E-state index is 12.3. The lowest BCUT2D eigenvalue weighted by atomic mass is 10.1. The third kappa shape index (κ3) is 3.12. The Labute approximate surface area is 122 Å². The molecule has 0 saturated heterocycles. The SMILES string of the molecule is COc1cccc(C(=O)Nc2c(C#N)cccc2OC)c1. The zero-order chi connectivity index (χ0) is 15.2. The molecule has 0 atom stereocenters. The molecule has 0 bridgehead atoms. The maximum Gasteiger partial charge on any atom is 0.255 e. The summed E-state index contributed by atoms with van der Waals surface area (Å²) in [6.07, 6.45) is 0. The topological polar surface area (TPSA) is 71.3 Å². The number of ether oxygens (including phenoxy) is 2. The van der Waals surface area contributed by atoms with E-state index in [1.54, 1.807) is 42.5 Å². The van der Waals surface area contributed by atoms with Gasteiger partial charge in [0.05, 0.1) is 19.8 Å². The van der Waals surface area contributed by atoms with Crippen LogP contribution >= 0.6 is 0 Å². The van der Waals surface area contributed by atoms with E-state index in [9.17, 15) is 4.79 Å². The second-order valence-electron chi connectivity index (χ2n) is 4.18. The fourth-order valence-corrected chi connectivity index (χ4v) is 1.87. The lowest BCUT2D eigenvalue weighted by Crippen LogP contribution is -2.13. The summed E-state index contributed by atoms with van der Waals surface area (Å²) >= 11 is 0. The van der Waals surface area contributed by atoms with Crippen molar-refractivity contribution in [3.05, 3.63) is 53.6 Å². The molecule has 0 heterocycles. The highest BCUT2D eigenvalue weighted by Gasteiger charge is 2.14. The fourth-order valence-electron chi connectivity index (χ4n) is 1.87. The number of methoxy groups -OCH3 is 2. The van der Waals surface area contributed by atoms with Crippen molar-refractivity contribution in [2.45, 2.75) is 0 Å². The van der Waals surface area contributed by atoms with Crippen LogP contribution in [0.1, 0.15) is 15.9 Å². The first kappa shape index (κ1) is 14.4. The van der Waals surface area contributed by atoms with E-state index in [-0.39, 0.29) is 5.91 Å². The number of hydrogen-bond acceptors (Lipinski definition) is 4. The summed E-state index contributed by atoms with van der Waals surface area (Å²) in [5.41, 5.74) is 1.13. The monoisotopic (exact) mass is 282 g/mol. The van der Waals surface area contributed by atoms with Crippen LogP contribution in [0.4, 0.5) is 5.69 Å². The molecule has 106 valence electrons. The van der Waals surface area contributed by atoms with E-state index < -0.39 is 0 Å². The number of para-hydroxylation sites is 1. The lowest BCUT2D eigenvalue weighted by molar-refractivity contribution is 0.102. The van der Waals surface area contributed by atoms with Gasteiger partial charge in [-0.1, -0.05) is 12.1 Å². The number of nitrogens with zero attached hydrogens (tertiary/aromatic N) is 1. The highest BCUT2D eigenvalue weighted by molar-refractivity contribution is 6.06. The maximum absolute atomic E-state index is 12.3. The molecule has 5 nitrogen and oxygen atoms in total. The van der Waals surface area contributed by atoms with Crippen LogP contribution in [0.15, 0.2) is 42.5 Å². The Balaban J connectivity index is 2.33. The molecular weight excluding hydrogens is 268 g/mol. The number of anilines is 1. The number of nitriles is 1. The molecule has 1 amide bonds. The molecule has 2 aromatic rings. The van der Waals surface area contributed by atoms with Crippen LogP contribution in [-0.2, 0) is 0 Å². The van der Waals surface area contributed by atoms with Crippen LogP contribution in [-0.4, -0.2) is 20.1 Å². The number of carbonyl (C=O) groups is 1. The quantitative estimate of drug-likeness (QED) is 0.936. The van der Waals surface area contributed by atoms with Crippen LogP contribution in [0.2, 0.25) is 0 Å². The molecule has 0 aliphatic rings. The summed E-state index contributed by atoms with van der Waals surface area (Å²) in [5.74, 6) is 0.684. The van der Waals surface area contributed by atoms with Gasteiger partial charge in [-0.15, -0.1) is 0 Å². The average molecular weight is 282 g/mol. The molecule has 0 aliphatic heterocycles. The first-order valence-corrected chi connectivity index (χ1v) is 6.22. The van der Waals surface area contributed by atoms with Gasteiger partial charge in [-0.2, -0.15) is 5.26 Å². The second-order valence-corrected chi connectivity index (χ2v) is 4.18. The molecule has 2 aromatic carbocycles. The predicted molar refractivity (Wildman–Crippen MR) is 78.7 cm³/mol. The number of hydrogen-bond donors (Lipinski definition) is 1. The highest BCUT2D eigenvalue weighted by atomic mass is 16.5. The van der Waals surface area contributed by atoms with Crippen molar-refractivity contribution in [3.8, 4) is 17.6 Å². The Morgan fingerprint density at radius 2 is 1.90 bits per heavy atom. The highest BCUT2D eigenvalue weighted by Crippen LogP contribution is 2.28. The van der Waals surface area contributed by atoms with E-state index in [0.717, 1.165) is 0 Å². The van der Waals surface area contributed by atoms with Crippen molar-refractivity contribution in [3.63, 3.8) is 0 Å². The Kier molecular flexibility index (Phi) is 4.42. The summed E-state index contributed by atoms with van der Waals surface area (Å²) in [6, 6.07) is 13.8. The van der Waals surface area contributed by atoms with Gasteiger partial charge in [0.2, 0.25) is 0 Å². The summed E-state index contributed by atoms with van der Waals surface area (Å²) in [7, 11) is 3.02. The minimum absolute atomic E-state index is 0.338. The number of benzene rings is 2. The minimum atomic E-state index is -0.338. The fraction of sp³-hybridized carbons (Fsp3) is 0.125. The number of amides is 1. The van der Waals surface area contributed by atoms with Crippen LogP contribution < -0.4 is 14.8 Å². The van der Waals surface area contributed by atoms with Gasteiger partial charge in [0.15, 0.2) is 0 Å². The Morgan fingerprint density at radius 3 is 2.57 bits per heavy atom. The molecular formula is C16H14N2O3. The van der Waals surface area contributed by atoms with Crippen molar-refractivity contribution in [2.75, 3.05) is 19.5 Å². The minimum Gasteiger partial charge on any atom is -0.497 e. The molecule has 2 rings (SSSR count). The molecule has 1 N–H and O–H groups in total. The van der Waals surface area contributed by atoms with Crippen LogP contribution in [0.5, 0.6) is 11.5 Å². The van der Waals surface area contributed by atoms with Crippen molar-refractivity contribution >= 4 is 11.6 Å². The van der Waals surface area contributed by atoms with Gasteiger partial charge in [0.1, 0.15) is 23.3 Å². The van der Waals surface area contributed by atoms with E-state index in [2.05, 4.69) is 5.32 Å². The molecule has 0 unspecified atom stereocenters. The average Bonchev–Trinajstić information content (AvgIpc) is 2.54. The van der Waals surface area contributed by atoms with Crippen molar-refractivity contribution in [2.24, 2.45) is 0 Å². The molecule has 0 aliphatic carbocycles. The van der Waals surface area contributed by atoms with Gasteiger partial charge in [-0.3, -0.25) is 4.79 Å². The summed E-state index contributed by atoms with van der Waals surface area (Å²) in [4.78, 5) is 12.3. The predicted octanol–water partition coefficient (Wildman–Crippen LogP) is 2.83. The molecule has 21 heavy (non-hydrogen) atoms. The standard InChI is InChI=1S/C16H14N2O3/c1-20-13-7-3-5-11(9-13)16(19)18-15-12(10-17)6-4-8-14(15)21-2/h3-9H,1-2H3,(H,18,19). The normalized spacial score (nSPS) is 9.57. The largest absolute Gasteiger partial charge is 0.497 e. The smallest absolute Gasteiger partial charge is 0.255 e. The van der Waals surface area contributed by atoms with E-state index >= 15 is 0 Å². The van der Waals surface area contributed by atoms with E-state index in [1.165, 1.54) is 14.2 Å². The van der Waals surface area contributed by atoms with Gasteiger partial charge in [0.25, 0.3) is 5.91 Å². The summed E-state index contributed by atoms with van der Waals surface area (Å²) in [6.45, 7) is 0. The first-order chi connectivity index (χ1) is 10.2. The molecule has 0 radical (unpaired) electrons. The van der Waals surface area contributed by atoms with Gasteiger partial charge in [-0.05, 0) is 30.3 Å². The van der Waals surface area contributed by atoms with Crippen molar-refractivity contribution in [1.29, 1.82) is 5.26 Å². The van der Waals surface area contributed by atoms with E-state index in [0.29, 0.717) is 28.3 Å². The molecule has 5 heteroatoms. The number of carbonyl (C=O) groups excluding carboxylic acids is 1. The molecule has 0 fully saturated rings. The van der Waals surface area contributed by atoms with Gasteiger partial charge >= 0.3 is 0 Å². The molecule has 0 spiro atoms. The Morgan fingerprint density at radius 1 is 1.14 bits per heavy atom. The Bertz CT molecular complexity index is 705. The number of nitrogens with one attached hydrogen (secondary N) is 1. The lowest BCUT2D eigenvalue weighted by Gasteiger charge is -2.12. The first-order valence-electron chi connectivity index (χ1n) is 6.22. The zero-order valence-electron chi connectivity index (χ0n) is 11.7. The summed E-state index contributed by atoms with van der Waals surface area (Å²) < 4.78 is 10.3. The van der Waals surface area contributed by atoms with Crippen LogP contribution in [0.25, 0.3) is 0 Å². The number of rotatable bonds is 4. The van der Waals surface area contributed by atoms with Crippen molar-refractivity contribution in [1.82, 2.24) is 0 Å². The second kappa shape index (κ2) is 6.44.